The van der Waals surface area contributed by atoms with Crippen molar-refractivity contribution in [2.75, 3.05) is 32.1 Å². The number of amides is 2. The van der Waals surface area contributed by atoms with Gasteiger partial charge in [0.2, 0.25) is 11.8 Å². The summed E-state index contributed by atoms with van der Waals surface area (Å²) in [4.78, 5) is 26.7. The molecule has 2 amide bonds. The molecular weight excluding hydrogens is 354 g/mol. The summed E-state index contributed by atoms with van der Waals surface area (Å²) >= 11 is 0. The van der Waals surface area contributed by atoms with Crippen molar-refractivity contribution >= 4 is 17.5 Å². The predicted octanol–water partition coefficient (Wildman–Crippen LogP) is 2.46. The van der Waals surface area contributed by atoms with Crippen molar-refractivity contribution in [3.05, 3.63) is 60.2 Å². The van der Waals surface area contributed by atoms with Crippen LogP contribution in [-0.4, -0.2) is 49.5 Å². The van der Waals surface area contributed by atoms with E-state index in [9.17, 15) is 9.59 Å². The van der Waals surface area contributed by atoms with Gasteiger partial charge in [-0.15, -0.1) is 0 Å². The van der Waals surface area contributed by atoms with E-state index >= 15 is 0 Å². The summed E-state index contributed by atoms with van der Waals surface area (Å²) in [6.45, 7) is 1.96. The van der Waals surface area contributed by atoms with Gasteiger partial charge in [0.25, 0.3) is 0 Å². The lowest BCUT2D eigenvalue weighted by atomic mass is 10.0. The second-order valence-corrected chi connectivity index (χ2v) is 7.02. The molecule has 2 N–H and O–H groups in total. The standard InChI is InChI=1S/C22H27N3O3/c1-28-20-10-6-5-7-17(20)15-21(26)23-19-11-13-25(14-12-19)16-22(27)24-18-8-3-2-4-9-18/h2-10,19H,11-16H2,1H3,(H,23,26)(H,24,27). The predicted molar refractivity (Wildman–Crippen MR) is 109 cm³/mol. The van der Waals surface area contributed by atoms with Gasteiger partial charge in [-0.2, -0.15) is 0 Å². The number of para-hydroxylation sites is 2. The first-order chi connectivity index (χ1) is 13.6. The summed E-state index contributed by atoms with van der Waals surface area (Å²) in [5, 5.41) is 6.02. The molecule has 6 heteroatoms. The van der Waals surface area contributed by atoms with E-state index in [0.717, 1.165) is 42.9 Å². The van der Waals surface area contributed by atoms with Gasteiger partial charge in [0.15, 0.2) is 0 Å². The van der Waals surface area contributed by atoms with E-state index in [4.69, 9.17) is 4.74 Å². The Morgan fingerprint density at radius 1 is 1.00 bits per heavy atom. The maximum atomic E-state index is 12.4. The number of hydrogen-bond donors (Lipinski definition) is 2. The third-order valence-electron chi connectivity index (χ3n) is 4.92. The van der Waals surface area contributed by atoms with E-state index < -0.39 is 0 Å². The number of carbonyl (C=O) groups excluding carboxylic acids is 2. The highest BCUT2D eigenvalue weighted by Gasteiger charge is 2.22. The Kier molecular flexibility index (Phi) is 7.03. The number of benzene rings is 2. The molecule has 1 heterocycles. The van der Waals surface area contributed by atoms with Crippen LogP contribution in [0.2, 0.25) is 0 Å². The summed E-state index contributed by atoms with van der Waals surface area (Å²) in [6.07, 6.45) is 2.00. The first kappa shape index (κ1) is 19.9. The first-order valence-corrected chi connectivity index (χ1v) is 9.62. The molecule has 0 aliphatic carbocycles. The molecular formula is C22H27N3O3. The number of ether oxygens (including phenoxy) is 1. The van der Waals surface area contributed by atoms with Gasteiger partial charge in [-0.3, -0.25) is 14.5 Å². The molecule has 28 heavy (non-hydrogen) atoms. The summed E-state index contributed by atoms with van der Waals surface area (Å²) in [6, 6.07) is 17.2. The average Bonchev–Trinajstić information content (AvgIpc) is 2.70. The van der Waals surface area contributed by atoms with Gasteiger partial charge in [0.1, 0.15) is 5.75 Å². The highest BCUT2D eigenvalue weighted by Crippen LogP contribution is 2.18. The number of piperidine rings is 1. The fraction of sp³-hybridized carbons (Fsp3) is 0.364. The first-order valence-electron chi connectivity index (χ1n) is 9.62. The molecule has 0 spiro atoms. The average molecular weight is 381 g/mol. The van der Waals surface area contributed by atoms with Gasteiger partial charge in [0.05, 0.1) is 20.1 Å². The molecule has 0 bridgehead atoms. The quantitative estimate of drug-likeness (QED) is 0.773. The molecule has 2 aromatic rings. The molecule has 0 aromatic heterocycles. The Hall–Kier alpha value is -2.86. The molecule has 1 aliphatic heterocycles. The van der Waals surface area contributed by atoms with Gasteiger partial charge >= 0.3 is 0 Å². The Labute approximate surface area is 165 Å². The van der Waals surface area contributed by atoms with Crippen LogP contribution < -0.4 is 15.4 Å². The van der Waals surface area contributed by atoms with Crippen LogP contribution in [0.4, 0.5) is 5.69 Å². The number of nitrogens with zero attached hydrogens (tertiary/aromatic N) is 1. The molecule has 6 nitrogen and oxygen atoms in total. The van der Waals surface area contributed by atoms with Gasteiger partial charge < -0.3 is 15.4 Å². The van der Waals surface area contributed by atoms with E-state index in [-0.39, 0.29) is 17.9 Å². The maximum absolute atomic E-state index is 12.4. The molecule has 1 aliphatic rings. The number of anilines is 1. The molecule has 3 rings (SSSR count). The number of rotatable bonds is 7. The number of hydrogen-bond acceptors (Lipinski definition) is 4. The highest BCUT2D eigenvalue weighted by molar-refractivity contribution is 5.92. The minimum atomic E-state index is -0.00939. The molecule has 0 radical (unpaired) electrons. The maximum Gasteiger partial charge on any atom is 0.238 e. The van der Waals surface area contributed by atoms with Crippen LogP contribution in [0, 0.1) is 0 Å². The van der Waals surface area contributed by atoms with Crippen LogP contribution >= 0.6 is 0 Å². The summed E-state index contributed by atoms with van der Waals surface area (Å²) < 4.78 is 5.31. The zero-order valence-corrected chi connectivity index (χ0v) is 16.2. The Bertz CT molecular complexity index is 787. The number of likely N-dealkylation sites (tertiary alicyclic amines) is 1. The van der Waals surface area contributed by atoms with Crippen molar-refractivity contribution in [1.82, 2.24) is 10.2 Å². The summed E-state index contributed by atoms with van der Waals surface area (Å²) in [7, 11) is 1.61. The minimum absolute atomic E-state index is 0.00442. The molecule has 148 valence electrons. The van der Waals surface area contributed by atoms with Crippen molar-refractivity contribution < 1.29 is 14.3 Å². The number of carbonyl (C=O) groups is 2. The van der Waals surface area contributed by atoms with Crippen LogP contribution in [0.1, 0.15) is 18.4 Å². The zero-order valence-electron chi connectivity index (χ0n) is 16.2. The third kappa shape index (κ3) is 5.82. The van der Waals surface area contributed by atoms with Crippen LogP contribution in [0.15, 0.2) is 54.6 Å². The van der Waals surface area contributed by atoms with Crippen molar-refractivity contribution in [2.45, 2.75) is 25.3 Å². The second kappa shape index (κ2) is 9.90. The van der Waals surface area contributed by atoms with Crippen LogP contribution in [0.5, 0.6) is 5.75 Å². The largest absolute Gasteiger partial charge is 0.496 e. The minimum Gasteiger partial charge on any atom is -0.496 e. The number of nitrogens with one attached hydrogen (secondary N) is 2. The van der Waals surface area contributed by atoms with E-state index in [1.807, 2.05) is 54.6 Å². The number of methoxy groups -OCH3 is 1. The van der Waals surface area contributed by atoms with Crippen molar-refractivity contribution in [1.29, 1.82) is 0 Å². The summed E-state index contributed by atoms with van der Waals surface area (Å²) in [5.74, 6) is 0.728. The van der Waals surface area contributed by atoms with Gasteiger partial charge in [-0.05, 0) is 31.0 Å². The lowest BCUT2D eigenvalue weighted by Gasteiger charge is -2.31. The topological polar surface area (TPSA) is 70.7 Å². The zero-order chi connectivity index (χ0) is 19.8. The Balaban J connectivity index is 1.40. The van der Waals surface area contributed by atoms with Gasteiger partial charge in [-0.25, -0.2) is 0 Å². The molecule has 0 atom stereocenters. The Morgan fingerprint density at radius 2 is 1.68 bits per heavy atom. The van der Waals surface area contributed by atoms with Crippen molar-refractivity contribution in [2.24, 2.45) is 0 Å². The fourth-order valence-corrected chi connectivity index (χ4v) is 3.46. The second-order valence-electron chi connectivity index (χ2n) is 7.02. The van der Waals surface area contributed by atoms with Gasteiger partial charge in [0, 0.05) is 30.4 Å². The van der Waals surface area contributed by atoms with Crippen molar-refractivity contribution in [3.63, 3.8) is 0 Å². The smallest absolute Gasteiger partial charge is 0.238 e. The lowest BCUT2D eigenvalue weighted by molar-refractivity contribution is -0.122. The fourth-order valence-electron chi connectivity index (χ4n) is 3.46. The van der Waals surface area contributed by atoms with E-state index in [0.29, 0.717) is 13.0 Å². The van der Waals surface area contributed by atoms with Crippen LogP contribution in [0.25, 0.3) is 0 Å². The normalized spacial score (nSPS) is 15.0. The molecule has 1 saturated heterocycles. The van der Waals surface area contributed by atoms with Crippen LogP contribution in [0.3, 0.4) is 0 Å². The SMILES string of the molecule is COc1ccccc1CC(=O)NC1CCN(CC(=O)Nc2ccccc2)CC1. The van der Waals surface area contributed by atoms with Crippen LogP contribution in [-0.2, 0) is 16.0 Å². The molecule has 2 aromatic carbocycles. The van der Waals surface area contributed by atoms with E-state index in [1.165, 1.54) is 0 Å². The highest BCUT2D eigenvalue weighted by atomic mass is 16.5. The van der Waals surface area contributed by atoms with Crippen molar-refractivity contribution in [3.8, 4) is 5.75 Å². The molecule has 0 unspecified atom stereocenters. The van der Waals surface area contributed by atoms with E-state index in [2.05, 4.69) is 15.5 Å². The third-order valence-corrected chi connectivity index (χ3v) is 4.92. The van der Waals surface area contributed by atoms with E-state index in [1.54, 1.807) is 7.11 Å². The molecule has 0 saturated carbocycles. The van der Waals surface area contributed by atoms with Gasteiger partial charge in [-0.1, -0.05) is 36.4 Å². The monoisotopic (exact) mass is 381 g/mol. The summed E-state index contributed by atoms with van der Waals surface area (Å²) in [5.41, 5.74) is 1.70. The lowest BCUT2D eigenvalue weighted by Crippen LogP contribution is -2.46. The molecule has 1 fully saturated rings. The Morgan fingerprint density at radius 3 is 2.39 bits per heavy atom.